The van der Waals surface area contributed by atoms with Crippen LogP contribution in [0.1, 0.15) is 18.9 Å². The van der Waals surface area contributed by atoms with Crippen LogP contribution in [0.4, 0.5) is 0 Å². The third kappa shape index (κ3) is 9.51. The molecule has 1 aromatic rings. The lowest BCUT2D eigenvalue weighted by Gasteiger charge is -2.34. The maximum Gasteiger partial charge on any atom is 0.193 e. The molecule has 2 aliphatic rings. The second kappa shape index (κ2) is 15.8. The van der Waals surface area contributed by atoms with Gasteiger partial charge in [-0.2, -0.15) is 0 Å². The van der Waals surface area contributed by atoms with Gasteiger partial charge in [-0.15, -0.1) is 24.0 Å². The first kappa shape index (κ1) is 27.3. The van der Waals surface area contributed by atoms with Crippen molar-refractivity contribution in [3.05, 3.63) is 35.9 Å². The zero-order chi connectivity index (χ0) is 21.7. The summed E-state index contributed by atoms with van der Waals surface area (Å²) in [4.78, 5) is 12.4. The van der Waals surface area contributed by atoms with E-state index in [0.717, 1.165) is 78.0 Å². The highest BCUT2D eigenvalue weighted by Crippen LogP contribution is 2.16. The monoisotopic (exact) mass is 559 g/mol. The van der Waals surface area contributed by atoms with Gasteiger partial charge in [0.15, 0.2) is 5.96 Å². The molecule has 0 bridgehead atoms. The molecule has 1 unspecified atom stereocenters. The van der Waals surface area contributed by atoms with Crippen LogP contribution >= 0.6 is 24.0 Å². The summed E-state index contributed by atoms with van der Waals surface area (Å²) in [5, 5.41) is 3.48. The molecule has 0 radical (unpaired) electrons. The van der Waals surface area contributed by atoms with Crippen LogP contribution in [0, 0.1) is 5.92 Å². The number of hydrogen-bond donors (Lipinski definition) is 1. The van der Waals surface area contributed by atoms with E-state index >= 15 is 0 Å². The van der Waals surface area contributed by atoms with Crippen LogP contribution < -0.4 is 5.32 Å². The fourth-order valence-electron chi connectivity index (χ4n) is 4.29. The lowest BCUT2D eigenvalue weighted by molar-refractivity contribution is 0.0536. The zero-order valence-electron chi connectivity index (χ0n) is 19.9. The molecular formula is C24H42IN5O2. The molecule has 2 fully saturated rings. The number of hydrogen-bond acceptors (Lipinski definition) is 5. The Morgan fingerprint density at radius 1 is 1.06 bits per heavy atom. The number of rotatable bonds is 11. The summed E-state index contributed by atoms with van der Waals surface area (Å²) in [5.41, 5.74) is 1.41. The van der Waals surface area contributed by atoms with Crippen molar-refractivity contribution in [2.45, 2.75) is 19.9 Å². The quantitative estimate of drug-likeness (QED) is 0.195. The van der Waals surface area contributed by atoms with E-state index in [1.807, 2.05) is 0 Å². The van der Waals surface area contributed by atoms with Crippen molar-refractivity contribution in [1.29, 1.82) is 0 Å². The molecule has 0 saturated carbocycles. The van der Waals surface area contributed by atoms with E-state index < -0.39 is 0 Å². The van der Waals surface area contributed by atoms with Crippen LogP contribution in [0.15, 0.2) is 35.3 Å². The third-order valence-corrected chi connectivity index (χ3v) is 6.10. The first-order chi connectivity index (χ1) is 15.3. The van der Waals surface area contributed by atoms with Gasteiger partial charge in [-0.3, -0.25) is 14.8 Å². The zero-order valence-corrected chi connectivity index (χ0v) is 22.2. The number of guanidine groups is 1. The Labute approximate surface area is 211 Å². The molecule has 2 heterocycles. The molecule has 1 N–H and O–H groups in total. The first-order valence-corrected chi connectivity index (χ1v) is 11.9. The van der Waals surface area contributed by atoms with Gasteiger partial charge in [-0.05, 0) is 18.9 Å². The Morgan fingerprint density at radius 3 is 2.53 bits per heavy atom. The van der Waals surface area contributed by atoms with E-state index in [9.17, 15) is 0 Å². The van der Waals surface area contributed by atoms with Crippen LogP contribution in [-0.2, 0) is 16.0 Å². The predicted molar refractivity (Wildman–Crippen MR) is 142 cm³/mol. The summed E-state index contributed by atoms with van der Waals surface area (Å²) in [6.45, 7) is 14.8. The lowest BCUT2D eigenvalue weighted by Crippen LogP contribution is -2.47. The van der Waals surface area contributed by atoms with Gasteiger partial charge in [0.2, 0.25) is 0 Å². The molecule has 1 aromatic carbocycles. The van der Waals surface area contributed by atoms with Gasteiger partial charge in [0, 0.05) is 71.9 Å². The number of aliphatic imine (C=N–C) groups is 1. The van der Waals surface area contributed by atoms with E-state index in [0.29, 0.717) is 19.1 Å². The average Bonchev–Trinajstić information content (AvgIpc) is 3.27. The fraction of sp³-hybridized carbons (Fsp3) is 0.708. The summed E-state index contributed by atoms with van der Waals surface area (Å²) in [7, 11) is 1.71. The fourth-order valence-corrected chi connectivity index (χ4v) is 4.29. The third-order valence-electron chi connectivity index (χ3n) is 6.10. The van der Waals surface area contributed by atoms with Crippen LogP contribution in [-0.4, -0.2) is 106 Å². The SMILES string of the molecule is CCNC(=NCCN1CCN(Cc2ccccc2)CC1)N1CCC(COCCOC)C1.I. The standard InChI is InChI=1S/C24H41N5O2.HI/c1-3-25-24(29-11-9-23(20-29)21-31-18-17-30-2)26-10-12-27-13-15-28(16-14-27)19-22-7-5-4-6-8-22;/h4-8,23H,3,9-21H2,1-2H3,(H,25,26);1H. The molecular weight excluding hydrogens is 517 g/mol. The van der Waals surface area contributed by atoms with Crippen molar-refractivity contribution >= 4 is 29.9 Å². The Balaban J connectivity index is 0.00000363. The number of ether oxygens (including phenoxy) is 2. The summed E-state index contributed by atoms with van der Waals surface area (Å²) in [6, 6.07) is 10.8. The smallest absolute Gasteiger partial charge is 0.193 e. The number of nitrogens with one attached hydrogen (secondary N) is 1. The average molecular weight is 560 g/mol. The van der Waals surface area contributed by atoms with E-state index in [1.165, 1.54) is 12.0 Å². The molecule has 182 valence electrons. The maximum atomic E-state index is 5.73. The summed E-state index contributed by atoms with van der Waals surface area (Å²) in [5.74, 6) is 1.64. The van der Waals surface area contributed by atoms with E-state index in [-0.39, 0.29) is 24.0 Å². The van der Waals surface area contributed by atoms with Gasteiger partial charge >= 0.3 is 0 Å². The number of benzene rings is 1. The Morgan fingerprint density at radius 2 is 1.81 bits per heavy atom. The lowest BCUT2D eigenvalue weighted by atomic mass is 10.1. The van der Waals surface area contributed by atoms with Crippen LogP contribution in [0.3, 0.4) is 0 Å². The Kier molecular flexibility index (Phi) is 13.5. The highest BCUT2D eigenvalue weighted by Gasteiger charge is 2.25. The van der Waals surface area contributed by atoms with Crippen LogP contribution in [0.25, 0.3) is 0 Å². The van der Waals surface area contributed by atoms with Crippen molar-refractivity contribution in [2.75, 3.05) is 85.8 Å². The van der Waals surface area contributed by atoms with E-state index in [4.69, 9.17) is 14.5 Å². The normalized spacial score (nSPS) is 20.4. The highest BCUT2D eigenvalue weighted by atomic mass is 127. The molecule has 0 amide bonds. The summed E-state index contributed by atoms with van der Waals surface area (Å²) >= 11 is 0. The molecule has 32 heavy (non-hydrogen) atoms. The number of piperazine rings is 1. The Bertz CT molecular complexity index is 641. The maximum absolute atomic E-state index is 5.73. The van der Waals surface area contributed by atoms with Gasteiger partial charge < -0.3 is 19.7 Å². The molecule has 2 aliphatic heterocycles. The van der Waals surface area contributed by atoms with Crippen LogP contribution in [0.2, 0.25) is 0 Å². The topological polar surface area (TPSA) is 52.6 Å². The minimum atomic E-state index is 0. The van der Waals surface area contributed by atoms with Gasteiger partial charge in [0.1, 0.15) is 0 Å². The first-order valence-electron chi connectivity index (χ1n) is 11.9. The van der Waals surface area contributed by atoms with Crippen molar-refractivity contribution in [1.82, 2.24) is 20.0 Å². The summed E-state index contributed by atoms with van der Waals surface area (Å²) < 4.78 is 10.8. The van der Waals surface area contributed by atoms with Crippen molar-refractivity contribution in [3.63, 3.8) is 0 Å². The molecule has 0 aliphatic carbocycles. The minimum Gasteiger partial charge on any atom is -0.382 e. The number of halogens is 1. The van der Waals surface area contributed by atoms with E-state index in [1.54, 1.807) is 7.11 Å². The van der Waals surface area contributed by atoms with Crippen molar-refractivity contribution < 1.29 is 9.47 Å². The predicted octanol–water partition coefficient (Wildman–Crippen LogP) is 2.37. The number of likely N-dealkylation sites (tertiary alicyclic amines) is 1. The summed E-state index contributed by atoms with van der Waals surface area (Å²) in [6.07, 6.45) is 1.17. The molecule has 0 aromatic heterocycles. The second-order valence-electron chi connectivity index (χ2n) is 8.51. The van der Waals surface area contributed by atoms with Gasteiger partial charge in [-0.25, -0.2) is 0 Å². The highest BCUT2D eigenvalue weighted by molar-refractivity contribution is 14.0. The molecule has 0 spiro atoms. The molecule has 3 rings (SSSR count). The molecule has 2 saturated heterocycles. The number of methoxy groups -OCH3 is 1. The van der Waals surface area contributed by atoms with Crippen molar-refractivity contribution in [2.24, 2.45) is 10.9 Å². The van der Waals surface area contributed by atoms with Crippen LogP contribution in [0.5, 0.6) is 0 Å². The van der Waals surface area contributed by atoms with Gasteiger partial charge in [-0.1, -0.05) is 30.3 Å². The van der Waals surface area contributed by atoms with Crippen molar-refractivity contribution in [3.8, 4) is 0 Å². The molecule has 1 atom stereocenters. The number of nitrogens with zero attached hydrogens (tertiary/aromatic N) is 4. The van der Waals surface area contributed by atoms with Gasteiger partial charge in [0.25, 0.3) is 0 Å². The Hall–Kier alpha value is -0.940. The van der Waals surface area contributed by atoms with E-state index in [2.05, 4.69) is 57.3 Å². The largest absolute Gasteiger partial charge is 0.382 e. The second-order valence-corrected chi connectivity index (χ2v) is 8.51. The minimum absolute atomic E-state index is 0. The molecule has 7 nitrogen and oxygen atoms in total. The van der Waals surface area contributed by atoms with Gasteiger partial charge in [0.05, 0.1) is 26.4 Å². The molecule has 8 heteroatoms.